The van der Waals surface area contributed by atoms with Gasteiger partial charge in [0.05, 0.1) is 12.1 Å². The van der Waals surface area contributed by atoms with Crippen LogP contribution in [0.15, 0.2) is 29.4 Å². The zero-order valence-corrected chi connectivity index (χ0v) is 22.6. The Labute approximate surface area is 208 Å². The first-order valence-electron chi connectivity index (χ1n) is 11.9. The van der Waals surface area contributed by atoms with E-state index in [1.54, 1.807) is 32.9 Å². The van der Waals surface area contributed by atoms with Gasteiger partial charge >= 0.3 is 6.09 Å². The molecule has 0 bridgehead atoms. The summed E-state index contributed by atoms with van der Waals surface area (Å²) in [6.45, 7) is 12.8. The van der Waals surface area contributed by atoms with E-state index >= 15 is 0 Å². The summed E-state index contributed by atoms with van der Waals surface area (Å²) in [4.78, 5) is 29.5. The van der Waals surface area contributed by atoms with E-state index < -0.39 is 51.2 Å². The number of carbonyl (C=O) groups excluding carboxylic acids is 2. The van der Waals surface area contributed by atoms with Crippen LogP contribution < -0.4 is 10.6 Å². The third-order valence-electron chi connectivity index (χ3n) is 5.52. The molecule has 1 aliphatic heterocycles. The molecule has 0 spiro atoms. The predicted octanol–water partition coefficient (Wildman–Crippen LogP) is 2.29. The first-order chi connectivity index (χ1) is 16.0. The number of β-amino-alcohol motifs (C(OH)–C–C–N with tert-alkyl or cyclic N) is 1. The number of sulfonamides is 1. The number of pyridine rings is 1. The molecule has 0 radical (unpaired) electrons. The van der Waals surface area contributed by atoms with Crippen molar-refractivity contribution in [3.63, 3.8) is 0 Å². The molecule has 2 heterocycles. The maximum Gasteiger partial charge on any atom is 0.408 e. The molecule has 198 valence electrons. The second-order valence-corrected chi connectivity index (χ2v) is 13.2. The van der Waals surface area contributed by atoms with E-state index in [-0.39, 0.29) is 24.0 Å². The van der Waals surface area contributed by atoms with Crippen LogP contribution in [0, 0.1) is 11.3 Å². The summed E-state index contributed by atoms with van der Waals surface area (Å²) in [6.07, 6.45) is 0.266. The van der Waals surface area contributed by atoms with Gasteiger partial charge in [0, 0.05) is 19.3 Å². The van der Waals surface area contributed by atoms with Gasteiger partial charge in [0.25, 0.3) is 10.0 Å². The van der Waals surface area contributed by atoms with Crippen LogP contribution in [0.3, 0.4) is 0 Å². The summed E-state index contributed by atoms with van der Waals surface area (Å²) >= 11 is 0. The summed E-state index contributed by atoms with van der Waals surface area (Å²) < 4.78 is 32.9. The van der Waals surface area contributed by atoms with Gasteiger partial charge in [0.15, 0.2) is 5.03 Å². The molecule has 1 aromatic rings. The smallest absolute Gasteiger partial charge is 0.408 e. The molecule has 11 heteroatoms. The second kappa shape index (κ2) is 11.2. The van der Waals surface area contributed by atoms with E-state index in [0.29, 0.717) is 12.8 Å². The van der Waals surface area contributed by atoms with Gasteiger partial charge in [-0.1, -0.05) is 33.8 Å². The lowest BCUT2D eigenvalue weighted by molar-refractivity contribution is -0.125. The highest BCUT2D eigenvalue weighted by atomic mass is 32.2. The number of aliphatic hydroxyl groups is 1. The molecule has 3 atom stereocenters. The molecule has 3 N–H and O–H groups in total. The number of ether oxygens (including phenoxy) is 1. The van der Waals surface area contributed by atoms with Crippen LogP contribution in [0.25, 0.3) is 0 Å². The summed E-state index contributed by atoms with van der Waals surface area (Å²) in [7, 11) is -3.93. The van der Waals surface area contributed by atoms with Gasteiger partial charge < -0.3 is 20.5 Å². The lowest BCUT2D eigenvalue weighted by atomic mass is 9.85. The van der Waals surface area contributed by atoms with Crippen LogP contribution in [0.1, 0.15) is 61.3 Å². The zero-order chi connectivity index (χ0) is 26.6. The minimum Gasteiger partial charge on any atom is -0.444 e. The summed E-state index contributed by atoms with van der Waals surface area (Å²) in [5, 5.41) is 16.3. The molecule has 1 aromatic heterocycles. The summed E-state index contributed by atoms with van der Waals surface area (Å²) in [5.41, 5.74) is -1.27. The number of amides is 2. The van der Waals surface area contributed by atoms with Gasteiger partial charge in [-0.15, -0.1) is 0 Å². The number of nitrogens with zero attached hydrogens (tertiary/aromatic N) is 2. The van der Waals surface area contributed by atoms with Gasteiger partial charge in [0.2, 0.25) is 5.91 Å². The van der Waals surface area contributed by atoms with Gasteiger partial charge in [0.1, 0.15) is 11.6 Å². The standard InChI is InChI=1S/C24H40N4O6S/c1-16(2)12-17(27-22(31)34-23(3,4)5)21(30)26-18-13-24(6,7)15-28(14-19(18)29)35(32,33)20-10-8-9-11-25-20/h8-11,16-19,29H,12-15H2,1-7H3,(H,26,30)(H,27,31)/t17?,18?,19-/m0/s1. The molecule has 2 unspecified atom stereocenters. The van der Waals surface area contributed by atoms with Crippen LogP contribution in [0.4, 0.5) is 4.79 Å². The van der Waals surface area contributed by atoms with Crippen molar-refractivity contribution in [2.75, 3.05) is 13.1 Å². The van der Waals surface area contributed by atoms with Gasteiger partial charge in [-0.25, -0.2) is 18.2 Å². The Balaban J connectivity index is 2.20. The molecule has 1 saturated heterocycles. The average Bonchev–Trinajstić information content (AvgIpc) is 2.82. The molecule has 10 nitrogen and oxygen atoms in total. The Morgan fingerprint density at radius 2 is 1.94 bits per heavy atom. The SMILES string of the molecule is CC(C)CC(NC(=O)OC(C)(C)C)C(=O)NC1CC(C)(C)CN(S(=O)(=O)c2ccccn2)C[C@@H]1O. The zero-order valence-electron chi connectivity index (χ0n) is 21.7. The Bertz CT molecular complexity index is 975. The Morgan fingerprint density at radius 1 is 1.29 bits per heavy atom. The molecular weight excluding hydrogens is 472 g/mol. The molecule has 0 saturated carbocycles. The number of alkyl carbamates (subject to hydrolysis) is 1. The van der Waals surface area contributed by atoms with E-state index in [0.717, 1.165) is 0 Å². The summed E-state index contributed by atoms with van der Waals surface area (Å²) in [5.74, 6) is -0.347. The van der Waals surface area contributed by atoms with Crippen LogP contribution in [-0.4, -0.2) is 71.7 Å². The monoisotopic (exact) mass is 512 g/mol. The largest absolute Gasteiger partial charge is 0.444 e. The van der Waals surface area contributed by atoms with E-state index in [4.69, 9.17) is 4.74 Å². The Kier molecular flexibility index (Phi) is 9.29. The average molecular weight is 513 g/mol. The highest BCUT2D eigenvalue weighted by Gasteiger charge is 2.41. The third kappa shape index (κ3) is 8.73. The van der Waals surface area contributed by atoms with Crippen LogP contribution in [0.2, 0.25) is 0 Å². The first-order valence-corrected chi connectivity index (χ1v) is 13.3. The van der Waals surface area contributed by atoms with Crippen molar-refractivity contribution in [2.24, 2.45) is 11.3 Å². The summed E-state index contributed by atoms with van der Waals surface area (Å²) in [6, 6.07) is 3.06. The fourth-order valence-electron chi connectivity index (χ4n) is 4.07. The van der Waals surface area contributed by atoms with Gasteiger partial charge in [-0.3, -0.25) is 4.79 Å². The van der Waals surface area contributed by atoms with Crippen molar-refractivity contribution < 1.29 is 27.9 Å². The van der Waals surface area contributed by atoms with Crippen molar-refractivity contribution in [1.29, 1.82) is 0 Å². The number of hydrogen-bond donors (Lipinski definition) is 3. The van der Waals surface area contributed by atoms with Crippen molar-refractivity contribution >= 4 is 22.0 Å². The molecule has 1 aliphatic rings. The van der Waals surface area contributed by atoms with Crippen molar-refractivity contribution in [1.82, 2.24) is 19.9 Å². The number of aliphatic hydroxyl groups excluding tert-OH is 1. The van der Waals surface area contributed by atoms with E-state index in [9.17, 15) is 23.1 Å². The van der Waals surface area contributed by atoms with E-state index in [1.807, 2.05) is 27.7 Å². The highest BCUT2D eigenvalue weighted by Crippen LogP contribution is 2.31. The minimum atomic E-state index is -3.93. The lowest BCUT2D eigenvalue weighted by Gasteiger charge is -2.31. The quantitative estimate of drug-likeness (QED) is 0.509. The van der Waals surface area contributed by atoms with Crippen LogP contribution in [0.5, 0.6) is 0 Å². The highest BCUT2D eigenvalue weighted by molar-refractivity contribution is 7.89. The van der Waals surface area contributed by atoms with Crippen molar-refractivity contribution in [2.45, 2.75) is 90.1 Å². The first kappa shape index (κ1) is 29.0. The van der Waals surface area contributed by atoms with E-state index in [1.165, 1.54) is 16.6 Å². The molecule has 1 fully saturated rings. The van der Waals surface area contributed by atoms with Gasteiger partial charge in [-0.2, -0.15) is 4.31 Å². The lowest BCUT2D eigenvalue weighted by Crippen LogP contribution is -2.54. The van der Waals surface area contributed by atoms with Crippen molar-refractivity contribution in [3.05, 3.63) is 24.4 Å². The molecule has 0 aliphatic carbocycles. The van der Waals surface area contributed by atoms with Crippen LogP contribution in [-0.2, 0) is 19.6 Å². The topological polar surface area (TPSA) is 138 Å². The second-order valence-electron chi connectivity index (χ2n) is 11.3. The predicted molar refractivity (Wildman–Crippen MR) is 132 cm³/mol. The molecule has 2 rings (SSSR count). The fraction of sp³-hybridized carbons (Fsp3) is 0.708. The molecule has 35 heavy (non-hydrogen) atoms. The maximum absolute atomic E-state index is 13.2. The van der Waals surface area contributed by atoms with Crippen LogP contribution >= 0.6 is 0 Å². The number of rotatable bonds is 7. The molecular formula is C24H40N4O6S. The third-order valence-corrected chi connectivity index (χ3v) is 7.24. The molecule has 0 aromatic carbocycles. The number of hydrogen-bond acceptors (Lipinski definition) is 7. The Hall–Kier alpha value is -2.24. The normalized spacial score (nSPS) is 22.2. The Morgan fingerprint density at radius 3 is 2.49 bits per heavy atom. The number of carbonyl (C=O) groups is 2. The maximum atomic E-state index is 13.2. The van der Waals surface area contributed by atoms with E-state index in [2.05, 4.69) is 15.6 Å². The van der Waals surface area contributed by atoms with Gasteiger partial charge in [-0.05, 0) is 57.1 Å². The fourth-order valence-corrected chi connectivity index (χ4v) is 5.65. The number of aromatic nitrogens is 1. The number of nitrogens with one attached hydrogen (secondary N) is 2. The molecule has 2 amide bonds. The van der Waals surface area contributed by atoms with Crippen molar-refractivity contribution in [3.8, 4) is 0 Å². The minimum absolute atomic E-state index is 0.0935.